The van der Waals surface area contributed by atoms with Crippen LogP contribution in [0.15, 0.2) is 48.5 Å². The summed E-state index contributed by atoms with van der Waals surface area (Å²) in [5, 5.41) is 2.63. The average Bonchev–Trinajstić information content (AvgIpc) is 2.63. The highest BCUT2D eigenvalue weighted by Gasteiger charge is 2.16. The van der Waals surface area contributed by atoms with Gasteiger partial charge in [0.1, 0.15) is 5.82 Å². The molecular formula is C20H21FN2O4. The summed E-state index contributed by atoms with van der Waals surface area (Å²) in [6.07, 6.45) is 0.0102. The number of carbonyl (C=O) groups excluding carboxylic acids is 3. The van der Waals surface area contributed by atoms with E-state index in [4.69, 9.17) is 4.74 Å². The standard InChI is InChI=1S/C20H21FN2O4/c1-3-23(18-10-6-16(21)7-11-18)19(25)13-27-20(26)12-15-4-8-17(9-5-15)22-14(2)24/h4-11H,3,12-13H2,1-2H3,(H,22,24). The lowest BCUT2D eigenvalue weighted by Gasteiger charge is -2.20. The summed E-state index contributed by atoms with van der Waals surface area (Å²) in [6, 6.07) is 12.3. The molecule has 0 radical (unpaired) electrons. The van der Waals surface area contributed by atoms with E-state index in [1.165, 1.54) is 36.1 Å². The number of likely N-dealkylation sites (N-methyl/N-ethyl adjacent to an activating group) is 1. The Labute approximate surface area is 156 Å². The van der Waals surface area contributed by atoms with Gasteiger partial charge in [-0.1, -0.05) is 12.1 Å². The van der Waals surface area contributed by atoms with E-state index < -0.39 is 24.3 Å². The van der Waals surface area contributed by atoms with Gasteiger partial charge in [0.15, 0.2) is 6.61 Å². The highest BCUT2D eigenvalue weighted by molar-refractivity contribution is 5.95. The van der Waals surface area contributed by atoms with Crippen molar-refractivity contribution in [2.24, 2.45) is 0 Å². The molecule has 0 unspecified atom stereocenters. The van der Waals surface area contributed by atoms with Crippen molar-refractivity contribution in [3.63, 3.8) is 0 Å². The molecular weight excluding hydrogens is 351 g/mol. The van der Waals surface area contributed by atoms with Gasteiger partial charge in [-0.25, -0.2) is 4.39 Å². The van der Waals surface area contributed by atoms with Crippen LogP contribution in [-0.4, -0.2) is 30.9 Å². The molecule has 0 saturated carbocycles. The minimum Gasteiger partial charge on any atom is -0.455 e. The Hall–Kier alpha value is -3.22. The molecule has 0 saturated heterocycles. The third-order valence-corrected chi connectivity index (χ3v) is 3.73. The van der Waals surface area contributed by atoms with Gasteiger partial charge in [0.05, 0.1) is 6.42 Å². The van der Waals surface area contributed by atoms with Crippen LogP contribution >= 0.6 is 0 Å². The van der Waals surface area contributed by atoms with Crippen LogP contribution in [0.5, 0.6) is 0 Å². The number of nitrogens with one attached hydrogen (secondary N) is 1. The van der Waals surface area contributed by atoms with Crippen LogP contribution < -0.4 is 10.2 Å². The molecule has 0 atom stereocenters. The molecule has 0 fully saturated rings. The summed E-state index contributed by atoms with van der Waals surface area (Å²) < 4.78 is 18.1. The molecule has 0 aliphatic heterocycles. The topological polar surface area (TPSA) is 75.7 Å². The van der Waals surface area contributed by atoms with E-state index in [-0.39, 0.29) is 12.3 Å². The lowest BCUT2D eigenvalue weighted by molar-refractivity contribution is -0.147. The largest absolute Gasteiger partial charge is 0.455 e. The number of esters is 1. The molecule has 0 aliphatic rings. The van der Waals surface area contributed by atoms with Gasteiger partial charge in [-0.15, -0.1) is 0 Å². The fourth-order valence-corrected chi connectivity index (χ4v) is 2.47. The Morgan fingerprint density at radius 2 is 1.67 bits per heavy atom. The molecule has 27 heavy (non-hydrogen) atoms. The van der Waals surface area contributed by atoms with Gasteiger partial charge in [-0.05, 0) is 48.9 Å². The van der Waals surface area contributed by atoms with Gasteiger partial charge in [0.2, 0.25) is 5.91 Å². The summed E-state index contributed by atoms with van der Waals surface area (Å²) in [6.45, 7) is 3.16. The van der Waals surface area contributed by atoms with Crippen molar-refractivity contribution in [2.75, 3.05) is 23.4 Å². The number of anilines is 2. The van der Waals surface area contributed by atoms with E-state index in [2.05, 4.69) is 5.32 Å². The quantitative estimate of drug-likeness (QED) is 0.759. The number of halogens is 1. The first-order valence-corrected chi connectivity index (χ1v) is 8.47. The Morgan fingerprint density at radius 1 is 1.04 bits per heavy atom. The first kappa shape index (κ1) is 20.1. The number of hydrogen-bond donors (Lipinski definition) is 1. The van der Waals surface area contributed by atoms with Gasteiger partial charge >= 0.3 is 5.97 Å². The van der Waals surface area contributed by atoms with E-state index in [9.17, 15) is 18.8 Å². The monoisotopic (exact) mass is 372 g/mol. The Balaban J connectivity index is 1.87. The second-order valence-electron chi connectivity index (χ2n) is 5.83. The van der Waals surface area contributed by atoms with Crippen molar-refractivity contribution in [2.45, 2.75) is 20.3 Å². The van der Waals surface area contributed by atoms with E-state index in [1.54, 1.807) is 31.2 Å². The van der Waals surface area contributed by atoms with Crippen LogP contribution in [0.1, 0.15) is 19.4 Å². The maximum atomic E-state index is 13.0. The van der Waals surface area contributed by atoms with Crippen molar-refractivity contribution in [3.8, 4) is 0 Å². The van der Waals surface area contributed by atoms with Gasteiger partial charge < -0.3 is 15.0 Å². The van der Waals surface area contributed by atoms with Crippen molar-refractivity contribution in [3.05, 3.63) is 59.9 Å². The molecule has 2 rings (SSSR count). The molecule has 2 aromatic carbocycles. The smallest absolute Gasteiger partial charge is 0.310 e. The third-order valence-electron chi connectivity index (χ3n) is 3.73. The molecule has 0 aromatic heterocycles. The first-order chi connectivity index (χ1) is 12.9. The van der Waals surface area contributed by atoms with Crippen LogP contribution in [0.4, 0.5) is 15.8 Å². The third kappa shape index (κ3) is 6.22. The first-order valence-electron chi connectivity index (χ1n) is 8.47. The average molecular weight is 372 g/mol. The lowest BCUT2D eigenvalue weighted by atomic mass is 10.1. The fraction of sp³-hybridized carbons (Fsp3) is 0.250. The molecule has 0 heterocycles. The number of benzene rings is 2. The van der Waals surface area contributed by atoms with Crippen molar-refractivity contribution >= 4 is 29.2 Å². The van der Waals surface area contributed by atoms with Crippen LogP contribution in [0.25, 0.3) is 0 Å². The molecule has 142 valence electrons. The number of carbonyl (C=O) groups is 3. The van der Waals surface area contributed by atoms with Crippen molar-refractivity contribution < 1.29 is 23.5 Å². The van der Waals surface area contributed by atoms with Gasteiger partial charge in [-0.3, -0.25) is 14.4 Å². The lowest BCUT2D eigenvalue weighted by Crippen LogP contribution is -2.34. The van der Waals surface area contributed by atoms with Crippen LogP contribution in [0.3, 0.4) is 0 Å². The van der Waals surface area contributed by atoms with Crippen molar-refractivity contribution in [1.82, 2.24) is 0 Å². The maximum absolute atomic E-state index is 13.0. The number of hydrogen-bond acceptors (Lipinski definition) is 4. The summed E-state index contributed by atoms with van der Waals surface area (Å²) >= 11 is 0. The van der Waals surface area contributed by atoms with Gasteiger partial charge in [-0.2, -0.15) is 0 Å². The van der Waals surface area contributed by atoms with Gasteiger partial charge in [0, 0.05) is 24.8 Å². The molecule has 0 bridgehead atoms. The predicted molar refractivity (Wildman–Crippen MR) is 99.8 cm³/mol. The summed E-state index contributed by atoms with van der Waals surface area (Å²) in [5.41, 5.74) is 1.87. The minimum absolute atomic E-state index is 0.0102. The molecule has 1 N–H and O–H groups in total. The Morgan fingerprint density at radius 3 is 2.22 bits per heavy atom. The van der Waals surface area contributed by atoms with Crippen LogP contribution in [0.2, 0.25) is 0 Å². The second kappa shape index (κ2) is 9.47. The number of nitrogens with zero attached hydrogens (tertiary/aromatic N) is 1. The molecule has 7 heteroatoms. The highest BCUT2D eigenvalue weighted by atomic mass is 19.1. The normalized spacial score (nSPS) is 10.2. The summed E-state index contributed by atoms with van der Waals surface area (Å²) in [5.74, 6) is -1.50. The number of amides is 2. The molecule has 2 aromatic rings. The Bertz CT molecular complexity index is 804. The van der Waals surface area contributed by atoms with Crippen LogP contribution in [0, 0.1) is 5.82 Å². The SMILES string of the molecule is CCN(C(=O)COC(=O)Cc1ccc(NC(C)=O)cc1)c1ccc(F)cc1. The minimum atomic E-state index is -0.536. The van der Waals surface area contributed by atoms with E-state index in [0.717, 1.165) is 0 Å². The molecule has 0 aliphatic carbocycles. The van der Waals surface area contributed by atoms with E-state index >= 15 is 0 Å². The van der Waals surface area contributed by atoms with Crippen molar-refractivity contribution in [1.29, 1.82) is 0 Å². The predicted octanol–water partition coefficient (Wildman–Crippen LogP) is 2.92. The van der Waals surface area contributed by atoms with Gasteiger partial charge in [0.25, 0.3) is 5.91 Å². The summed E-state index contributed by atoms with van der Waals surface area (Å²) in [7, 11) is 0. The molecule has 0 spiro atoms. The molecule has 2 amide bonds. The molecule has 6 nitrogen and oxygen atoms in total. The van der Waals surface area contributed by atoms with E-state index in [1.807, 2.05) is 0 Å². The van der Waals surface area contributed by atoms with Crippen LogP contribution in [-0.2, 0) is 25.5 Å². The zero-order chi connectivity index (χ0) is 19.8. The zero-order valence-electron chi connectivity index (χ0n) is 15.2. The summed E-state index contributed by atoms with van der Waals surface area (Å²) in [4.78, 5) is 36.6. The highest BCUT2D eigenvalue weighted by Crippen LogP contribution is 2.15. The number of ether oxygens (including phenoxy) is 1. The Kier molecular flexibility index (Phi) is 7.05. The van der Waals surface area contributed by atoms with E-state index in [0.29, 0.717) is 23.5 Å². The number of rotatable bonds is 7. The zero-order valence-corrected chi connectivity index (χ0v) is 15.2. The fourth-order valence-electron chi connectivity index (χ4n) is 2.47. The second-order valence-corrected chi connectivity index (χ2v) is 5.83. The maximum Gasteiger partial charge on any atom is 0.310 e.